The maximum Gasteiger partial charge on any atom is 0.266 e. The van der Waals surface area contributed by atoms with Crippen molar-refractivity contribution in [1.29, 1.82) is 0 Å². The first kappa shape index (κ1) is 28.3. The first-order valence-corrected chi connectivity index (χ1v) is 11.7. The van der Waals surface area contributed by atoms with E-state index in [1.807, 2.05) is 31.2 Å². The monoisotopic (exact) mass is 502 g/mol. The minimum Gasteiger partial charge on any atom is -0.370 e. The van der Waals surface area contributed by atoms with Crippen LogP contribution < -0.4 is 27.2 Å². The number of rotatable bonds is 13. The first-order valence-electron chi connectivity index (χ1n) is 11.7. The number of aromatic amines is 1. The number of H-pyrrole nitrogens is 1. The summed E-state index contributed by atoms with van der Waals surface area (Å²) in [6.07, 6.45) is 2.13. The van der Waals surface area contributed by atoms with Crippen LogP contribution in [-0.2, 0) is 30.4 Å². The molecule has 196 valence electrons. The number of primary amides is 1. The number of aromatic nitrogens is 1. The fourth-order valence-corrected chi connectivity index (χ4v) is 3.83. The van der Waals surface area contributed by atoms with Gasteiger partial charge in [-0.2, -0.15) is 0 Å². The fourth-order valence-electron chi connectivity index (χ4n) is 3.83. The maximum atomic E-state index is 13.3. The molecule has 2 aromatic rings. The van der Waals surface area contributed by atoms with E-state index in [0.717, 1.165) is 16.5 Å². The van der Waals surface area contributed by atoms with E-state index >= 15 is 0 Å². The van der Waals surface area contributed by atoms with E-state index in [0.29, 0.717) is 6.42 Å². The Hall–Kier alpha value is -3.93. The number of carbonyl (C=O) groups excluding carboxylic acids is 5. The fraction of sp³-hybridized carbons (Fsp3) is 0.458. The third-order valence-corrected chi connectivity index (χ3v) is 6.01. The zero-order valence-corrected chi connectivity index (χ0v) is 20.6. The second-order valence-electron chi connectivity index (χ2n) is 8.73. The highest BCUT2D eigenvalue weighted by Gasteiger charge is 2.32. The molecular weight excluding hydrogens is 468 g/mol. The minimum absolute atomic E-state index is 0.0510. The van der Waals surface area contributed by atoms with Gasteiger partial charge >= 0.3 is 0 Å². The van der Waals surface area contributed by atoms with Crippen LogP contribution in [0.1, 0.15) is 45.6 Å². The van der Waals surface area contributed by atoms with E-state index in [-0.39, 0.29) is 25.2 Å². The van der Waals surface area contributed by atoms with Crippen LogP contribution in [0.15, 0.2) is 30.5 Å². The van der Waals surface area contributed by atoms with Gasteiger partial charge in [0.25, 0.3) is 5.91 Å². The normalized spacial score (nSPS) is 14.2. The lowest BCUT2D eigenvalue weighted by atomic mass is 9.97. The molecule has 0 saturated carbocycles. The van der Waals surface area contributed by atoms with Crippen LogP contribution in [0.5, 0.6) is 0 Å². The molecule has 8 N–H and O–H groups in total. The van der Waals surface area contributed by atoms with Crippen LogP contribution in [0.4, 0.5) is 0 Å². The molecule has 0 spiro atoms. The van der Waals surface area contributed by atoms with Gasteiger partial charge in [0.1, 0.15) is 18.1 Å². The van der Waals surface area contributed by atoms with E-state index in [4.69, 9.17) is 10.9 Å². The van der Waals surface area contributed by atoms with Crippen LogP contribution in [-0.4, -0.2) is 57.9 Å². The minimum atomic E-state index is -1.14. The molecule has 0 aliphatic heterocycles. The zero-order chi connectivity index (χ0) is 26.8. The number of amides is 5. The van der Waals surface area contributed by atoms with Crippen LogP contribution in [0, 0.1) is 5.92 Å². The van der Waals surface area contributed by atoms with Crippen molar-refractivity contribution in [3.8, 4) is 0 Å². The van der Waals surface area contributed by atoms with Gasteiger partial charge in [0.15, 0.2) is 0 Å². The molecule has 0 aliphatic rings. The van der Waals surface area contributed by atoms with Crippen LogP contribution in [0.25, 0.3) is 10.9 Å². The smallest absolute Gasteiger partial charge is 0.266 e. The predicted molar refractivity (Wildman–Crippen MR) is 131 cm³/mol. The van der Waals surface area contributed by atoms with E-state index in [2.05, 4.69) is 20.9 Å². The van der Waals surface area contributed by atoms with Crippen molar-refractivity contribution in [2.24, 2.45) is 11.7 Å². The summed E-state index contributed by atoms with van der Waals surface area (Å²) in [7, 11) is 0. The summed E-state index contributed by atoms with van der Waals surface area (Å²) in [6.45, 7) is 4.80. The molecule has 0 saturated heterocycles. The Bertz CT molecular complexity index is 1100. The molecule has 12 heteroatoms. The SMILES string of the molecule is CCC(C)C(NC(=O)C(Cc1c[nH]c2ccccc12)NC(=O)C(CCC(N)=O)NC(C)=O)C(=O)NO. The molecular formula is C24H34N6O6. The number of nitrogens with two attached hydrogens (primary N) is 1. The molecule has 1 aromatic heterocycles. The summed E-state index contributed by atoms with van der Waals surface area (Å²) in [4.78, 5) is 64.6. The van der Waals surface area contributed by atoms with Crippen LogP contribution in [0.2, 0.25) is 0 Å². The molecule has 36 heavy (non-hydrogen) atoms. The highest BCUT2D eigenvalue weighted by atomic mass is 16.5. The summed E-state index contributed by atoms with van der Waals surface area (Å²) < 4.78 is 0. The summed E-state index contributed by atoms with van der Waals surface area (Å²) in [6, 6.07) is 4.15. The van der Waals surface area contributed by atoms with E-state index in [1.54, 1.807) is 18.6 Å². The van der Waals surface area contributed by atoms with Crippen molar-refractivity contribution in [3.63, 3.8) is 0 Å². The zero-order valence-electron chi connectivity index (χ0n) is 20.6. The lowest BCUT2D eigenvalue weighted by Crippen LogP contribution is -2.58. The molecule has 12 nitrogen and oxygen atoms in total. The van der Waals surface area contributed by atoms with Crippen molar-refractivity contribution in [2.45, 2.75) is 64.6 Å². The molecule has 4 atom stereocenters. The number of carbonyl (C=O) groups is 5. The van der Waals surface area contributed by atoms with Crippen molar-refractivity contribution in [3.05, 3.63) is 36.0 Å². The van der Waals surface area contributed by atoms with Crippen LogP contribution in [0.3, 0.4) is 0 Å². The van der Waals surface area contributed by atoms with Crippen molar-refractivity contribution >= 4 is 40.4 Å². The van der Waals surface area contributed by atoms with Crippen molar-refractivity contribution < 1.29 is 29.2 Å². The van der Waals surface area contributed by atoms with E-state index in [9.17, 15) is 24.0 Å². The summed E-state index contributed by atoms with van der Waals surface area (Å²) in [5, 5.41) is 17.7. The van der Waals surface area contributed by atoms with Gasteiger partial charge in [-0.05, 0) is 24.0 Å². The van der Waals surface area contributed by atoms with Crippen molar-refractivity contribution in [1.82, 2.24) is 26.4 Å². The number of benzene rings is 1. The third-order valence-electron chi connectivity index (χ3n) is 6.01. The van der Waals surface area contributed by atoms with E-state index < -0.39 is 47.7 Å². The molecule has 1 aromatic carbocycles. The maximum absolute atomic E-state index is 13.3. The Labute approximate surface area is 208 Å². The average Bonchev–Trinajstić information content (AvgIpc) is 3.25. The number of hydrogen-bond acceptors (Lipinski definition) is 6. The van der Waals surface area contributed by atoms with Gasteiger partial charge in [0, 0.05) is 36.9 Å². The molecule has 0 radical (unpaired) electrons. The van der Waals surface area contributed by atoms with Gasteiger partial charge in [-0.25, -0.2) is 5.48 Å². The molecule has 0 bridgehead atoms. The quantitative estimate of drug-likeness (QED) is 0.149. The first-order chi connectivity index (χ1) is 17.1. The standard InChI is InChI=1S/C24H34N6O6/c1-4-13(2)21(24(35)30-36)29-23(34)19(11-15-12-26-17-8-6-5-7-16(15)17)28-22(33)18(27-14(3)31)9-10-20(25)32/h5-8,12-13,18-19,21,26,36H,4,9-11H2,1-3H3,(H2,25,32)(H,27,31)(H,28,33)(H,29,34)(H,30,35). The molecule has 1 heterocycles. The van der Waals surface area contributed by atoms with Gasteiger partial charge in [-0.15, -0.1) is 0 Å². The molecule has 2 rings (SSSR count). The summed E-state index contributed by atoms with van der Waals surface area (Å²) >= 11 is 0. The average molecular weight is 503 g/mol. The number of hydrogen-bond donors (Lipinski definition) is 7. The number of para-hydroxylation sites is 1. The van der Waals surface area contributed by atoms with Gasteiger partial charge in [0.2, 0.25) is 23.6 Å². The summed E-state index contributed by atoms with van der Waals surface area (Å²) in [5.74, 6) is -3.57. The van der Waals surface area contributed by atoms with Gasteiger partial charge in [-0.1, -0.05) is 38.5 Å². The summed E-state index contributed by atoms with van der Waals surface area (Å²) in [5.41, 5.74) is 8.34. The largest absolute Gasteiger partial charge is 0.370 e. The third kappa shape index (κ3) is 7.80. The second kappa shape index (κ2) is 13.2. The number of fused-ring (bicyclic) bond motifs is 1. The second-order valence-corrected chi connectivity index (χ2v) is 8.73. The molecule has 0 fully saturated rings. The highest BCUT2D eigenvalue weighted by molar-refractivity contribution is 5.95. The highest BCUT2D eigenvalue weighted by Crippen LogP contribution is 2.19. The van der Waals surface area contributed by atoms with Gasteiger partial charge in [-0.3, -0.25) is 29.2 Å². The Morgan fingerprint density at radius 1 is 1.00 bits per heavy atom. The molecule has 0 aliphatic carbocycles. The number of hydroxylamine groups is 1. The van der Waals surface area contributed by atoms with Crippen LogP contribution >= 0.6 is 0 Å². The molecule has 5 amide bonds. The lowest BCUT2D eigenvalue weighted by molar-refractivity contribution is -0.137. The Morgan fingerprint density at radius 2 is 1.67 bits per heavy atom. The topological polar surface area (TPSA) is 196 Å². The van der Waals surface area contributed by atoms with Gasteiger partial charge in [0.05, 0.1) is 0 Å². The Morgan fingerprint density at radius 3 is 2.28 bits per heavy atom. The molecule has 4 unspecified atom stereocenters. The van der Waals surface area contributed by atoms with E-state index in [1.165, 1.54) is 6.92 Å². The Balaban J connectivity index is 2.34. The lowest BCUT2D eigenvalue weighted by Gasteiger charge is -2.27. The van der Waals surface area contributed by atoms with Crippen molar-refractivity contribution in [2.75, 3.05) is 0 Å². The Kier molecular flexibility index (Phi) is 10.4. The number of nitrogens with one attached hydrogen (secondary N) is 5. The predicted octanol–water partition coefficient (Wildman–Crippen LogP) is 0.00170. The van der Waals surface area contributed by atoms with Gasteiger partial charge < -0.3 is 26.7 Å².